The highest BCUT2D eigenvalue weighted by Crippen LogP contribution is 2.21. The van der Waals surface area contributed by atoms with Gasteiger partial charge < -0.3 is 4.57 Å². The van der Waals surface area contributed by atoms with Crippen molar-refractivity contribution in [2.75, 3.05) is 0 Å². The van der Waals surface area contributed by atoms with Crippen LogP contribution in [0.15, 0.2) is 60.5 Å². The Balaban J connectivity index is 1.74. The third-order valence-electron chi connectivity index (χ3n) is 3.47. The molecule has 0 saturated carbocycles. The molecule has 0 aliphatic rings. The van der Waals surface area contributed by atoms with E-state index in [1.165, 1.54) is 28.8 Å². The van der Waals surface area contributed by atoms with Gasteiger partial charge in [0.2, 0.25) is 0 Å². The Kier molecular flexibility index (Phi) is 5.24. The third kappa shape index (κ3) is 4.13. The van der Waals surface area contributed by atoms with E-state index in [2.05, 4.69) is 21.9 Å². The Morgan fingerprint density at radius 3 is 2.76 bits per heavy atom. The van der Waals surface area contributed by atoms with E-state index < -0.39 is 4.92 Å². The summed E-state index contributed by atoms with van der Waals surface area (Å²) in [5, 5.41) is 23.9. The molecule has 0 radical (unpaired) electrons. The van der Waals surface area contributed by atoms with Crippen molar-refractivity contribution in [2.45, 2.75) is 24.0 Å². The first-order chi connectivity index (χ1) is 12.2. The molecule has 3 aromatic rings. The van der Waals surface area contributed by atoms with E-state index in [0.717, 1.165) is 16.5 Å². The molecule has 3 rings (SSSR count). The van der Waals surface area contributed by atoms with E-state index in [0.29, 0.717) is 18.8 Å². The fourth-order valence-corrected chi connectivity index (χ4v) is 3.11. The van der Waals surface area contributed by atoms with E-state index in [1.807, 2.05) is 34.9 Å². The van der Waals surface area contributed by atoms with Gasteiger partial charge in [0.05, 0.1) is 10.8 Å². The van der Waals surface area contributed by atoms with Crippen molar-refractivity contribution < 1.29 is 4.92 Å². The highest BCUT2D eigenvalue weighted by molar-refractivity contribution is 7.98. The zero-order valence-corrected chi connectivity index (χ0v) is 14.2. The quantitative estimate of drug-likeness (QED) is 0.267. The molecule has 128 valence electrons. The fourth-order valence-electron chi connectivity index (χ4n) is 2.29. The van der Waals surface area contributed by atoms with Crippen LogP contribution in [0.2, 0.25) is 0 Å². The molecule has 25 heavy (non-hydrogen) atoms. The topological polar surface area (TPSA) is 91.7 Å². The van der Waals surface area contributed by atoms with Crippen molar-refractivity contribution in [3.63, 3.8) is 0 Å². The van der Waals surface area contributed by atoms with Gasteiger partial charge in [0.1, 0.15) is 18.2 Å². The summed E-state index contributed by atoms with van der Waals surface area (Å²) >= 11 is 1.42. The molecule has 8 nitrogen and oxygen atoms in total. The molecule has 0 spiro atoms. The number of nitrogens with zero attached hydrogens (tertiary/aromatic N) is 6. The maximum atomic E-state index is 10.7. The SMILES string of the molecule is C=CCn1c(Cc2ccccc2)nnc1SCn1cc([N+](=O)[O-])cn1. The van der Waals surface area contributed by atoms with Crippen LogP contribution in [-0.2, 0) is 18.8 Å². The first-order valence-corrected chi connectivity index (χ1v) is 8.52. The lowest BCUT2D eigenvalue weighted by Crippen LogP contribution is -2.05. The van der Waals surface area contributed by atoms with E-state index in [-0.39, 0.29) is 5.69 Å². The number of hydrogen-bond donors (Lipinski definition) is 0. The van der Waals surface area contributed by atoms with Crippen LogP contribution in [0, 0.1) is 10.1 Å². The van der Waals surface area contributed by atoms with Crippen molar-refractivity contribution in [1.82, 2.24) is 24.5 Å². The maximum absolute atomic E-state index is 10.7. The smallest absolute Gasteiger partial charge is 0.302 e. The minimum absolute atomic E-state index is 0.0297. The second kappa shape index (κ2) is 7.75. The minimum Gasteiger partial charge on any atom is -0.302 e. The van der Waals surface area contributed by atoms with Gasteiger partial charge >= 0.3 is 5.69 Å². The average molecular weight is 356 g/mol. The van der Waals surface area contributed by atoms with Crippen LogP contribution < -0.4 is 0 Å². The van der Waals surface area contributed by atoms with Crippen molar-refractivity contribution >= 4 is 17.4 Å². The van der Waals surface area contributed by atoms with Gasteiger partial charge in [-0.2, -0.15) is 5.10 Å². The molecule has 0 aliphatic carbocycles. The molecule has 1 aromatic carbocycles. The maximum Gasteiger partial charge on any atom is 0.307 e. The Morgan fingerprint density at radius 2 is 2.08 bits per heavy atom. The van der Waals surface area contributed by atoms with Gasteiger partial charge in [0.25, 0.3) is 0 Å². The van der Waals surface area contributed by atoms with Gasteiger partial charge in [-0.15, -0.1) is 16.8 Å². The largest absolute Gasteiger partial charge is 0.307 e. The average Bonchev–Trinajstić information content (AvgIpc) is 3.23. The summed E-state index contributed by atoms with van der Waals surface area (Å²) in [5.74, 6) is 1.26. The summed E-state index contributed by atoms with van der Waals surface area (Å²) in [7, 11) is 0. The van der Waals surface area contributed by atoms with Crippen LogP contribution in [0.25, 0.3) is 0 Å². The van der Waals surface area contributed by atoms with Crippen LogP contribution in [-0.4, -0.2) is 29.5 Å². The van der Waals surface area contributed by atoms with Gasteiger partial charge in [0, 0.05) is 13.0 Å². The normalized spacial score (nSPS) is 10.7. The molecule has 0 fully saturated rings. The van der Waals surface area contributed by atoms with E-state index in [4.69, 9.17) is 0 Å². The molecule has 0 N–H and O–H groups in total. The third-order valence-corrected chi connectivity index (χ3v) is 4.42. The lowest BCUT2D eigenvalue weighted by Gasteiger charge is -2.07. The predicted molar refractivity (Wildman–Crippen MR) is 94.2 cm³/mol. The Labute approximate surface area is 148 Å². The zero-order valence-electron chi connectivity index (χ0n) is 13.4. The Morgan fingerprint density at radius 1 is 1.28 bits per heavy atom. The Bertz CT molecular complexity index is 874. The summed E-state index contributed by atoms with van der Waals surface area (Å²) in [6, 6.07) is 10.0. The van der Waals surface area contributed by atoms with Crippen LogP contribution >= 0.6 is 11.8 Å². The number of rotatable bonds is 8. The van der Waals surface area contributed by atoms with Crippen molar-refractivity contribution in [1.29, 1.82) is 0 Å². The number of nitro groups is 1. The molecule has 2 aromatic heterocycles. The minimum atomic E-state index is -0.466. The molecule has 0 amide bonds. The summed E-state index contributed by atoms with van der Waals surface area (Å²) in [6.45, 7) is 4.38. The van der Waals surface area contributed by atoms with E-state index in [1.54, 1.807) is 6.08 Å². The first-order valence-electron chi connectivity index (χ1n) is 7.54. The van der Waals surface area contributed by atoms with Crippen molar-refractivity contribution in [2.24, 2.45) is 0 Å². The van der Waals surface area contributed by atoms with Gasteiger partial charge in [-0.1, -0.05) is 48.2 Å². The molecule has 2 heterocycles. The Hall–Kier alpha value is -2.94. The lowest BCUT2D eigenvalue weighted by atomic mass is 10.1. The second-order valence-corrected chi connectivity index (χ2v) is 6.14. The predicted octanol–water partition coefficient (Wildman–Crippen LogP) is 2.91. The highest BCUT2D eigenvalue weighted by atomic mass is 32.2. The molecule has 0 aliphatic heterocycles. The fraction of sp³-hybridized carbons (Fsp3) is 0.188. The summed E-state index contributed by atoms with van der Waals surface area (Å²) in [6.07, 6.45) is 5.10. The molecule has 0 bridgehead atoms. The number of aromatic nitrogens is 5. The standard InChI is InChI=1S/C16H16N6O2S/c1-2-8-21-15(9-13-6-4-3-5-7-13)18-19-16(21)25-12-20-11-14(10-17-20)22(23)24/h2-7,10-11H,1,8-9,12H2. The van der Waals surface area contributed by atoms with Gasteiger partial charge in [-0.3, -0.25) is 14.8 Å². The van der Waals surface area contributed by atoms with Gasteiger partial charge in [-0.05, 0) is 5.56 Å². The summed E-state index contributed by atoms with van der Waals surface area (Å²) in [5.41, 5.74) is 1.12. The summed E-state index contributed by atoms with van der Waals surface area (Å²) < 4.78 is 3.50. The van der Waals surface area contributed by atoms with Crippen LogP contribution in [0.5, 0.6) is 0 Å². The number of thioether (sulfide) groups is 1. The van der Waals surface area contributed by atoms with Crippen molar-refractivity contribution in [3.05, 3.63) is 76.9 Å². The van der Waals surface area contributed by atoms with Gasteiger partial charge in [-0.25, -0.2) is 0 Å². The molecular weight excluding hydrogens is 340 g/mol. The van der Waals surface area contributed by atoms with Crippen LogP contribution in [0.3, 0.4) is 0 Å². The van der Waals surface area contributed by atoms with E-state index in [9.17, 15) is 10.1 Å². The number of benzene rings is 1. The van der Waals surface area contributed by atoms with Gasteiger partial charge in [0.15, 0.2) is 5.16 Å². The van der Waals surface area contributed by atoms with Crippen molar-refractivity contribution in [3.8, 4) is 0 Å². The number of allylic oxidation sites excluding steroid dienone is 1. The zero-order chi connectivity index (χ0) is 17.6. The molecule has 9 heteroatoms. The molecule has 0 unspecified atom stereocenters. The monoisotopic (exact) mass is 356 g/mol. The second-order valence-electron chi connectivity index (χ2n) is 5.23. The highest BCUT2D eigenvalue weighted by Gasteiger charge is 2.14. The number of hydrogen-bond acceptors (Lipinski definition) is 6. The van der Waals surface area contributed by atoms with Crippen LogP contribution in [0.4, 0.5) is 5.69 Å². The summed E-state index contributed by atoms with van der Waals surface area (Å²) in [4.78, 5) is 10.2. The lowest BCUT2D eigenvalue weighted by molar-refractivity contribution is -0.385. The van der Waals surface area contributed by atoms with Crippen LogP contribution in [0.1, 0.15) is 11.4 Å². The molecule has 0 saturated heterocycles. The first kappa shape index (κ1) is 16.9. The molecule has 0 atom stereocenters. The van der Waals surface area contributed by atoms with E-state index >= 15 is 0 Å². The molecular formula is C16H16N6O2S.